The molecule has 107 heavy (non-hydrogen) atoms. The number of benzene rings is 3. The predicted octanol–water partition coefficient (Wildman–Crippen LogP) is 15.1. The number of Topliss-reactive ketones (excluding diaryl/α,β-unsaturated/α-hetero) is 1. The van der Waals surface area contributed by atoms with E-state index in [1.54, 1.807) is 95.5 Å². The number of ether oxygens (including phenoxy) is 1. The fraction of sp³-hybridized carbons (Fsp3) is 0.230. The molecule has 0 aliphatic heterocycles. The number of nitrogen functional groups attached to an aromatic ring is 2. The van der Waals surface area contributed by atoms with E-state index >= 15 is 0 Å². The molecule has 3 aromatic carbocycles. The first-order valence-electron chi connectivity index (χ1n) is 31.6. The highest BCUT2D eigenvalue weighted by Gasteiger charge is 2.33. The summed E-state index contributed by atoms with van der Waals surface area (Å²) >= 11 is 17.5. The van der Waals surface area contributed by atoms with Gasteiger partial charge in [-0.15, -0.1) is 0 Å². The van der Waals surface area contributed by atoms with Crippen LogP contribution < -0.4 is 33.3 Å². The molecule has 0 aliphatic rings. The first kappa shape index (κ1) is 91.1. The third-order valence-electron chi connectivity index (χ3n) is 13.9. The number of nitrogens with zero attached hydrogens (tertiary/aromatic N) is 6. The lowest BCUT2D eigenvalue weighted by Gasteiger charge is -2.16. The summed E-state index contributed by atoms with van der Waals surface area (Å²) in [4.78, 5) is 58.9. The Hall–Kier alpha value is -10.1. The zero-order valence-corrected chi connectivity index (χ0v) is 60.9. The molecule has 0 aliphatic carbocycles. The minimum absolute atomic E-state index is 0.0686. The summed E-state index contributed by atoms with van der Waals surface area (Å²) in [5.74, 6) is -0.970. The molecule has 1 amide bonds. The van der Waals surface area contributed by atoms with Crippen molar-refractivity contribution in [3.8, 4) is 22.5 Å². The predicted molar refractivity (Wildman–Crippen MR) is 400 cm³/mol. The van der Waals surface area contributed by atoms with E-state index in [-0.39, 0.29) is 29.5 Å². The van der Waals surface area contributed by atoms with Gasteiger partial charge in [-0.2, -0.15) is 39.5 Å². The number of hydrogen-bond acceptors (Lipinski definition) is 19. The van der Waals surface area contributed by atoms with Gasteiger partial charge < -0.3 is 57.9 Å². The average Bonchev–Trinajstić information content (AvgIpc) is 0.804. The van der Waals surface area contributed by atoms with Gasteiger partial charge in [0, 0.05) is 120 Å². The molecule has 0 bridgehead atoms. The molecule has 0 spiro atoms. The molecule has 0 unspecified atom stereocenters. The number of allylic oxidation sites excluding steroid dienone is 3. The van der Waals surface area contributed by atoms with E-state index in [1.165, 1.54) is 68.7 Å². The third kappa shape index (κ3) is 31.4. The second kappa shape index (κ2) is 43.5. The number of pyridine rings is 6. The van der Waals surface area contributed by atoms with E-state index in [9.17, 15) is 59.0 Å². The monoisotopic (exact) mass is 1550 g/mol. The van der Waals surface area contributed by atoms with Crippen LogP contribution >= 0.6 is 34.8 Å². The van der Waals surface area contributed by atoms with Gasteiger partial charge in [0.15, 0.2) is 5.78 Å². The van der Waals surface area contributed by atoms with Crippen molar-refractivity contribution in [2.45, 2.75) is 91.2 Å². The number of aliphatic hydroxyl groups excluding tert-OH is 3. The quantitative estimate of drug-likeness (QED) is 0.0133. The van der Waals surface area contributed by atoms with Crippen molar-refractivity contribution in [3.63, 3.8) is 0 Å². The lowest BCUT2D eigenvalue weighted by Crippen LogP contribution is -2.31. The fourth-order valence-electron chi connectivity index (χ4n) is 8.23. The molecule has 0 saturated carbocycles. The number of hydrogen-bond donors (Lipinski definition) is 10. The van der Waals surface area contributed by atoms with Crippen LogP contribution in [-0.4, -0.2) is 119 Å². The van der Waals surface area contributed by atoms with Crippen molar-refractivity contribution in [3.05, 3.63) is 250 Å². The van der Waals surface area contributed by atoms with E-state index in [1.807, 2.05) is 6.92 Å². The molecule has 33 heteroatoms. The van der Waals surface area contributed by atoms with Crippen LogP contribution in [0.2, 0.25) is 15.2 Å². The van der Waals surface area contributed by atoms with Crippen LogP contribution in [0.5, 0.6) is 0 Å². The van der Waals surface area contributed by atoms with Crippen LogP contribution in [0, 0.1) is 0 Å². The first-order valence-corrected chi connectivity index (χ1v) is 32.7. The van der Waals surface area contributed by atoms with Gasteiger partial charge in [-0.05, 0) is 131 Å². The Morgan fingerprint density at radius 2 is 0.972 bits per heavy atom. The van der Waals surface area contributed by atoms with Crippen LogP contribution in [0.15, 0.2) is 185 Å². The molecule has 20 nitrogen and oxygen atoms in total. The van der Waals surface area contributed by atoms with Crippen molar-refractivity contribution in [1.29, 1.82) is 0 Å². The van der Waals surface area contributed by atoms with Gasteiger partial charge in [0.2, 0.25) is 0 Å². The molecule has 13 N–H and O–H groups in total. The van der Waals surface area contributed by atoms with Crippen LogP contribution in [0.1, 0.15) is 119 Å². The minimum Gasteiger partial charge on any atom is -0.465 e. The van der Waals surface area contributed by atoms with Gasteiger partial charge >= 0.3 is 31.6 Å². The third-order valence-corrected chi connectivity index (χ3v) is 14.7. The highest BCUT2D eigenvalue weighted by molar-refractivity contribution is 6.58. The van der Waals surface area contributed by atoms with E-state index in [0.29, 0.717) is 114 Å². The highest BCUT2D eigenvalue weighted by atomic mass is 35.5. The zero-order valence-electron chi connectivity index (χ0n) is 58.7. The lowest BCUT2D eigenvalue weighted by molar-refractivity contribution is -0.138. The fourth-order valence-corrected chi connectivity index (χ4v) is 9.07. The number of nitrogens with one attached hydrogen (secondary N) is 2. The van der Waals surface area contributed by atoms with Crippen molar-refractivity contribution in [2.24, 2.45) is 5.73 Å². The van der Waals surface area contributed by atoms with Crippen molar-refractivity contribution in [2.75, 3.05) is 37.0 Å². The van der Waals surface area contributed by atoms with Crippen molar-refractivity contribution < 1.29 is 84.0 Å². The van der Waals surface area contributed by atoms with Crippen LogP contribution in [-0.2, 0) is 23.3 Å². The number of alkyl halides is 9. The summed E-state index contributed by atoms with van der Waals surface area (Å²) in [6.45, 7) is 22.2. The van der Waals surface area contributed by atoms with Gasteiger partial charge in [0.05, 0.1) is 80.4 Å². The molecule has 570 valence electrons. The van der Waals surface area contributed by atoms with Gasteiger partial charge in [-0.3, -0.25) is 34.5 Å². The number of methoxy groups -OCH3 is 1. The Kier molecular flexibility index (Phi) is 37.0. The van der Waals surface area contributed by atoms with E-state index in [4.69, 9.17) is 72.3 Å². The van der Waals surface area contributed by atoms with Gasteiger partial charge in [-0.25, -0.2) is 9.78 Å². The minimum atomic E-state index is -4.47. The number of nitrogens with two attached hydrogens (primary N) is 3. The Labute approximate surface area is 627 Å². The molecule has 3 atom stereocenters. The molecule has 6 heterocycles. The first-order chi connectivity index (χ1) is 50.0. The number of amides is 1. The average molecular weight is 1550 g/mol. The maximum atomic E-state index is 13.1. The van der Waals surface area contributed by atoms with Crippen molar-refractivity contribution in [1.82, 2.24) is 35.2 Å². The SMILES string of the molecule is C=C(C)c1cnc(-c2cccc(C(F)(F)F)c2)cc1Cl.C=C(C)c1cnc(-c2cccc(C(F)(F)F)c2)cc1Nc1ccncc1C(=O)NC[C@H](C)O.C=C(C)c1cnc(Cl)cc1Cl.COC(=O)c1cnccc1N.C[C@H](O)CCC(=O)c1cnccc1N.C[C@H](O)CN.OB(O)c1cccc(C(F)(F)F)c1. The maximum Gasteiger partial charge on any atom is 0.488 e. The Bertz CT molecular complexity index is 4460. The summed E-state index contributed by atoms with van der Waals surface area (Å²) in [5.41, 5.74) is 22.0. The van der Waals surface area contributed by atoms with E-state index in [0.717, 1.165) is 53.1 Å². The Balaban J connectivity index is 0.000000347. The second-order valence-corrected chi connectivity index (χ2v) is 24.3. The molecule has 6 aromatic heterocycles. The number of ketones is 1. The summed E-state index contributed by atoms with van der Waals surface area (Å²) in [5, 5.41) is 51.1. The number of rotatable bonds is 17. The van der Waals surface area contributed by atoms with Crippen LogP contribution in [0.3, 0.4) is 0 Å². The number of aliphatic hydroxyl groups is 3. The molecule has 0 saturated heterocycles. The molecular weight excluding hydrogens is 1480 g/mol. The largest absolute Gasteiger partial charge is 0.488 e. The normalized spacial score (nSPS) is 11.6. The molecule has 9 rings (SSSR count). The molecule has 9 aromatic rings. The van der Waals surface area contributed by atoms with Gasteiger partial charge in [0.25, 0.3) is 5.91 Å². The zero-order chi connectivity index (χ0) is 80.7. The van der Waals surface area contributed by atoms with Crippen LogP contribution in [0.4, 0.5) is 62.3 Å². The smallest absolute Gasteiger partial charge is 0.465 e. The Morgan fingerprint density at radius 1 is 0.542 bits per heavy atom. The number of halogens is 12. The lowest BCUT2D eigenvalue weighted by atomic mass is 9.79. The van der Waals surface area contributed by atoms with E-state index < -0.39 is 66.4 Å². The topological polar surface area (TPSA) is 341 Å². The van der Waals surface area contributed by atoms with E-state index in [2.05, 4.69) is 65.0 Å². The number of anilines is 4. The number of esters is 1. The summed E-state index contributed by atoms with van der Waals surface area (Å²) in [7, 11) is -0.572. The van der Waals surface area contributed by atoms with Gasteiger partial charge in [-0.1, -0.05) is 103 Å². The molecular formula is C74H78BCl3F9N11O9. The number of carbonyl (C=O) groups is 3. The molecule has 0 radical (unpaired) electrons. The summed E-state index contributed by atoms with van der Waals surface area (Å²) in [6, 6.07) is 23.3. The summed E-state index contributed by atoms with van der Waals surface area (Å²) < 4.78 is 118. The maximum absolute atomic E-state index is 13.1. The number of aromatic nitrogens is 6. The number of carbonyl (C=O) groups excluding carboxylic acids is 3. The summed E-state index contributed by atoms with van der Waals surface area (Å²) in [6.07, 6.45) is -0.633. The van der Waals surface area contributed by atoms with Crippen molar-refractivity contribution >= 4 is 105 Å². The van der Waals surface area contributed by atoms with Gasteiger partial charge in [0.1, 0.15) is 10.7 Å². The Morgan fingerprint density at radius 3 is 1.39 bits per heavy atom. The molecule has 0 fully saturated rings. The van der Waals surface area contributed by atoms with Crippen LogP contribution in [0.25, 0.3) is 39.2 Å². The second-order valence-electron chi connectivity index (χ2n) is 23.1. The standard InChI is InChI=1S/C24H23F3N4O2.C15H11ClF3N.C10H14N2O2.C8H7Cl2N.C7H6BF3O2.C7H8N2O2.C3H9NO/c1-14(2)18-13-29-21(16-5-4-6-17(9-16)24(25,26)27)10-22(18)31-20-7-8-28-12-19(20)23(33)30-11-15(3)32;1-9(2)12-8-20-14(7-13(12)16)10-4-3-5-11(6-10)15(17,18)19;1-7(13)2-3-10(14)8-6-12-5-4-9(8)11;1-5(2)6-4-11-8(10)3-7(6)9;9-7(10,11)5-2-1-3-6(4-5)8(12)13;1-11-7(10)5-4-9-3-2-6(5)8;1-3(5)2-4/h4-10,12-13,15,32H,1,11H2,2-3H3,(H,30,33)(H,28,29,31);3-8H,1H2,2H3;4-7,13H,2-3H2,1H3,(H2,11,12);3-4H,1H2,2H3;1-4,12-13H;2-4H,1H3,(H2,8,9);3,5H,2,4H2,1H3/t15-;;7-;;;;3-/m0.0...0/s1. The highest BCUT2D eigenvalue weighted by Crippen LogP contribution is 2.37.